The zero-order valence-electron chi connectivity index (χ0n) is 12.7. The average Bonchev–Trinajstić information content (AvgIpc) is 2.47. The number of hydrogen-bond acceptors (Lipinski definition) is 3. The van der Waals surface area contributed by atoms with E-state index in [2.05, 4.69) is 13.8 Å². The first kappa shape index (κ1) is 16.2. The van der Waals surface area contributed by atoms with Crippen molar-refractivity contribution >= 4 is 10.2 Å². The fourth-order valence-electron chi connectivity index (χ4n) is 3.33. The molecule has 2 aliphatic heterocycles. The third kappa shape index (κ3) is 3.18. The van der Waals surface area contributed by atoms with Gasteiger partial charge in [-0.3, -0.25) is 0 Å². The van der Waals surface area contributed by atoms with Gasteiger partial charge in [-0.2, -0.15) is 17.0 Å². The summed E-state index contributed by atoms with van der Waals surface area (Å²) in [5.74, 6) is 0.454. The van der Waals surface area contributed by atoms with Gasteiger partial charge in [0.25, 0.3) is 10.2 Å². The molecule has 1 N–H and O–H groups in total. The van der Waals surface area contributed by atoms with E-state index in [1.54, 1.807) is 8.61 Å². The molecular formula is C14H28N2O3S. The zero-order valence-corrected chi connectivity index (χ0v) is 13.5. The molecule has 20 heavy (non-hydrogen) atoms. The molecule has 2 fully saturated rings. The van der Waals surface area contributed by atoms with Crippen LogP contribution in [0.2, 0.25) is 0 Å². The Hall–Kier alpha value is -0.170. The van der Waals surface area contributed by atoms with Gasteiger partial charge in [0, 0.05) is 32.8 Å². The van der Waals surface area contributed by atoms with Crippen LogP contribution in [0.15, 0.2) is 0 Å². The first-order valence-electron chi connectivity index (χ1n) is 7.79. The van der Waals surface area contributed by atoms with Crippen LogP contribution in [0.25, 0.3) is 0 Å². The normalized spacial score (nSPS) is 29.4. The summed E-state index contributed by atoms with van der Waals surface area (Å²) < 4.78 is 28.6. The topological polar surface area (TPSA) is 60.9 Å². The molecule has 5 nitrogen and oxygen atoms in total. The van der Waals surface area contributed by atoms with Crippen LogP contribution in [-0.2, 0) is 10.2 Å². The average molecular weight is 304 g/mol. The molecule has 2 rings (SSSR count). The van der Waals surface area contributed by atoms with Crippen LogP contribution in [0.1, 0.15) is 46.0 Å². The molecule has 2 aliphatic rings. The highest BCUT2D eigenvalue weighted by Gasteiger charge is 2.39. The number of hydrogen-bond donors (Lipinski definition) is 1. The highest BCUT2D eigenvalue weighted by Crippen LogP contribution is 2.35. The molecule has 0 bridgehead atoms. The van der Waals surface area contributed by atoms with Gasteiger partial charge in [-0.05, 0) is 43.4 Å². The van der Waals surface area contributed by atoms with E-state index in [0.29, 0.717) is 32.1 Å². The number of aliphatic hydroxyl groups is 1. The van der Waals surface area contributed by atoms with Crippen LogP contribution in [0, 0.1) is 11.3 Å². The Morgan fingerprint density at radius 3 is 2.35 bits per heavy atom. The summed E-state index contributed by atoms with van der Waals surface area (Å²) in [4.78, 5) is 0. The quantitative estimate of drug-likeness (QED) is 0.855. The number of aliphatic hydroxyl groups excluding tert-OH is 1. The van der Waals surface area contributed by atoms with E-state index < -0.39 is 10.2 Å². The molecule has 0 aromatic rings. The molecule has 0 radical (unpaired) electrons. The van der Waals surface area contributed by atoms with Crippen molar-refractivity contribution < 1.29 is 13.5 Å². The standard InChI is InChI=1S/C14H28N2O3S/c1-3-14(12-17)6-9-15(10-7-14)20(18,19)16-8-4-5-13(2)11-16/h13,17H,3-12H2,1-2H3. The zero-order chi connectivity index (χ0) is 14.8. The Balaban J connectivity index is 2.01. The van der Waals surface area contributed by atoms with E-state index in [1.807, 2.05) is 0 Å². The second kappa shape index (κ2) is 6.30. The molecule has 1 atom stereocenters. The van der Waals surface area contributed by atoms with Crippen LogP contribution >= 0.6 is 0 Å². The van der Waals surface area contributed by atoms with Gasteiger partial charge in [-0.1, -0.05) is 13.8 Å². The van der Waals surface area contributed by atoms with Crippen molar-refractivity contribution in [1.82, 2.24) is 8.61 Å². The Morgan fingerprint density at radius 1 is 1.20 bits per heavy atom. The lowest BCUT2D eigenvalue weighted by molar-refractivity contribution is 0.0625. The molecule has 0 amide bonds. The van der Waals surface area contributed by atoms with Gasteiger partial charge in [0.1, 0.15) is 0 Å². The van der Waals surface area contributed by atoms with Crippen molar-refractivity contribution in [2.75, 3.05) is 32.8 Å². The van der Waals surface area contributed by atoms with Gasteiger partial charge in [-0.25, -0.2) is 0 Å². The number of nitrogens with zero attached hydrogens (tertiary/aromatic N) is 2. The lowest BCUT2D eigenvalue weighted by atomic mass is 9.77. The second-order valence-corrected chi connectivity index (χ2v) is 8.45. The summed E-state index contributed by atoms with van der Waals surface area (Å²) in [6.45, 7) is 6.75. The molecule has 2 saturated heterocycles. The van der Waals surface area contributed by atoms with Crippen LogP contribution < -0.4 is 0 Å². The molecule has 2 heterocycles. The summed E-state index contributed by atoms with van der Waals surface area (Å²) in [7, 11) is -3.30. The monoisotopic (exact) mass is 304 g/mol. The van der Waals surface area contributed by atoms with Gasteiger partial charge >= 0.3 is 0 Å². The van der Waals surface area contributed by atoms with E-state index in [1.165, 1.54) is 0 Å². The fourth-order valence-corrected chi connectivity index (χ4v) is 5.11. The van der Waals surface area contributed by atoms with Gasteiger partial charge in [0.2, 0.25) is 0 Å². The SMILES string of the molecule is CCC1(CO)CCN(S(=O)(=O)N2CCCC(C)C2)CC1. The summed E-state index contributed by atoms with van der Waals surface area (Å²) >= 11 is 0. The molecular weight excluding hydrogens is 276 g/mol. The van der Waals surface area contributed by atoms with Gasteiger partial charge < -0.3 is 5.11 Å². The summed E-state index contributed by atoms with van der Waals surface area (Å²) in [5.41, 5.74) is -0.0682. The van der Waals surface area contributed by atoms with E-state index in [4.69, 9.17) is 0 Å². The van der Waals surface area contributed by atoms with Crippen molar-refractivity contribution in [3.05, 3.63) is 0 Å². The molecule has 0 aromatic carbocycles. The molecule has 0 saturated carbocycles. The molecule has 118 valence electrons. The summed E-state index contributed by atoms with van der Waals surface area (Å²) in [6.07, 6.45) is 4.53. The number of rotatable bonds is 4. The minimum Gasteiger partial charge on any atom is -0.396 e. The maximum Gasteiger partial charge on any atom is 0.281 e. The summed E-state index contributed by atoms with van der Waals surface area (Å²) in [5, 5.41) is 9.54. The first-order chi connectivity index (χ1) is 9.43. The van der Waals surface area contributed by atoms with Crippen LogP contribution in [0.5, 0.6) is 0 Å². The predicted octanol–water partition coefficient (Wildman–Crippen LogP) is 1.45. The highest BCUT2D eigenvalue weighted by molar-refractivity contribution is 7.86. The van der Waals surface area contributed by atoms with E-state index in [-0.39, 0.29) is 12.0 Å². The Morgan fingerprint density at radius 2 is 1.85 bits per heavy atom. The van der Waals surface area contributed by atoms with Gasteiger partial charge in [0.05, 0.1) is 0 Å². The Kier molecular flexibility index (Phi) is 5.10. The van der Waals surface area contributed by atoms with Gasteiger partial charge in [-0.15, -0.1) is 0 Å². The van der Waals surface area contributed by atoms with E-state index in [0.717, 1.165) is 32.1 Å². The minimum absolute atomic E-state index is 0.0682. The highest BCUT2D eigenvalue weighted by atomic mass is 32.2. The third-order valence-electron chi connectivity index (χ3n) is 5.14. The van der Waals surface area contributed by atoms with Crippen LogP contribution in [0.3, 0.4) is 0 Å². The minimum atomic E-state index is -3.30. The third-order valence-corrected chi connectivity index (χ3v) is 7.14. The van der Waals surface area contributed by atoms with E-state index >= 15 is 0 Å². The maximum absolute atomic E-state index is 12.7. The molecule has 1 unspecified atom stereocenters. The molecule has 0 spiro atoms. The molecule has 0 aliphatic carbocycles. The van der Waals surface area contributed by atoms with Crippen molar-refractivity contribution in [2.24, 2.45) is 11.3 Å². The predicted molar refractivity (Wildman–Crippen MR) is 79.5 cm³/mol. The molecule has 0 aromatic heterocycles. The maximum atomic E-state index is 12.7. The first-order valence-corrected chi connectivity index (χ1v) is 9.19. The summed E-state index contributed by atoms with van der Waals surface area (Å²) in [6, 6.07) is 0. The van der Waals surface area contributed by atoms with Crippen LogP contribution in [0.4, 0.5) is 0 Å². The second-order valence-electron chi connectivity index (χ2n) is 6.52. The van der Waals surface area contributed by atoms with Crippen molar-refractivity contribution in [3.63, 3.8) is 0 Å². The van der Waals surface area contributed by atoms with Crippen molar-refractivity contribution in [1.29, 1.82) is 0 Å². The Bertz CT molecular complexity index is 410. The Labute approximate surface area is 123 Å². The molecule has 6 heteroatoms. The lowest BCUT2D eigenvalue weighted by Gasteiger charge is -2.42. The fraction of sp³-hybridized carbons (Fsp3) is 1.00. The lowest BCUT2D eigenvalue weighted by Crippen LogP contribution is -2.52. The van der Waals surface area contributed by atoms with Gasteiger partial charge in [0.15, 0.2) is 0 Å². The number of piperidine rings is 2. The largest absolute Gasteiger partial charge is 0.396 e. The van der Waals surface area contributed by atoms with Crippen molar-refractivity contribution in [2.45, 2.75) is 46.0 Å². The van der Waals surface area contributed by atoms with E-state index in [9.17, 15) is 13.5 Å². The smallest absolute Gasteiger partial charge is 0.281 e. The van der Waals surface area contributed by atoms with Crippen LogP contribution in [-0.4, -0.2) is 54.9 Å². The van der Waals surface area contributed by atoms with Crippen molar-refractivity contribution in [3.8, 4) is 0 Å².